The van der Waals surface area contributed by atoms with Gasteiger partial charge in [0.25, 0.3) is 0 Å². The Bertz CT molecular complexity index is 227. The quantitative estimate of drug-likeness (QED) is 0.551. The van der Waals surface area contributed by atoms with Crippen LogP contribution >= 0.6 is 11.8 Å². The van der Waals surface area contributed by atoms with Crippen molar-refractivity contribution in [3.63, 3.8) is 0 Å². The van der Waals surface area contributed by atoms with Crippen molar-refractivity contribution < 1.29 is 0 Å². The third kappa shape index (κ3) is 2.38. The molecule has 1 rings (SSSR count). The summed E-state index contributed by atoms with van der Waals surface area (Å²) >= 11 is 1.62. The molecule has 1 aromatic heterocycles. The lowest BCUT2D eigenvalue weighted by Crippen LogP contribution is -2.01. The number of nitrogens with one attached hydrogen (secondary N) is 1. The minimum absolute atomic E-state index is 0.708. The van der Waals surface area contributed by atoms with Crippen LogP contribution in [0.15, 0.2) is 17.3 Å². The lowest BCUT2D eigenvalue weighted by Gasteiger charge is -2.00. The van der Waals surface area contributed by atoms with Crippen LogP contribution in [0.4, 0.5) is 5.95 Å². The molecule has 0 amide bonds. The van der Waals surface area contributed by atoms with Crippen LogP contribution in [0.1, 0.15) is 6.92 Å². The van der Waals surface area contributed by atoms with Gasteiger partial charge in [0.1, 0.15) is 5.03 Å². The smallest absolute Gasteiger partial charge is 0.223 e. The zero-order valence-corrected chi connectivity index (χ0v) is 7.48. The predicted octanol–water partition coefficient (Wildman–Crippen LogP) is 1.63. The third-order valence-corrected chi connectivity index (χ3v) is 1.82. The summed E-state index contributed by atoms with van der Waals surface area (Å²) in [5, 5.41) is 4.04. The van der Waals surface area contributed by atoms with Crippen molar-refractivity contribution >= 4 is 17.7 Å². The molecule has 0 aliphatic heterocycles. The number of rotatable bonds is 3. The van der Waals surface area contributed by atoms with Gasteiger partial charge in [0.15, 0.2) is 0 Å². The lowest BCUT2D eigenvalue weighted by atomic mass is 10.6. The second-order valence-corrected chi connectivity index (χ2v) is 2.78. The summed E-state index contributed by atoms with van der Waals surface area (Å²) in [5.74, 6) is 0.708. The van der Waals surface area contributed by atoms with Gasteiger partial charge in [0, 0.05) is 12.7 Å². The van der Waals surface area contributed by atoms with Crippen LogP contribution in [-0.4, -0.2) is 22.8 Å². The van der Waals surface area contributed by atoms with Gasteiger partial charge in [0.2, 0.25) is 5.95 Å². The molecule has 0 aliphatic rings. The van der Waals surface area contributed by atoms with Crippen molar-refractivity contribution in [2.24, 2.45) is 0 Å². The Balaban J connectivity index is 2.74. The topological polar surface area (TPSA) is 37.8 Å². The highest BCUT2D eigenvalue weighted by Gasteiger charge is 1.94. The fourth-order valence-electron chi connectivity index (χ4n) is 0.699. The van der Waals surface area contributed by atoms with E-state index in [1.54, 1.807) is 18.0 Å². The van der Waals surface area contributed by atoms with Gasteiger partial charge >= 0.3 is 0 Å². The monoisotopic (exact) mass is 169 g/mol. The zero-order valence-electron chi connectivity index (χ0n) is 6.66. The van der Waals surface area contributed by atoms with Crippen LogP contribution in [-0.2, 0) is 0 Å². The molecule has 0 radical (unpaired) electrons. The molecule has 1 aromatic rings. The van der Waals surface area contributed by atoms with E-state index in [-0.39, 0.29) is 0 Å². The van der Waals surface area contributed by atoms with E-state index < -0.39 is 0 Å². The summed E-state index contributed by atoms with van der Waals surface area (Å²) in [7, 11) is 0. The van der Waals surface area contributed by atoms with Crippen LogP contribution in [0, 0.1) is 0 Å². The maximum atomic E-state index is 4.22. The number of hydrogen-bond acceptors (Lipinski definition) is 4. The molecule has 0 aliphatic carbocycles. The maximum absolute atomic E-state index is 4.22. The molecule has 1 heterocycles. The van der Waals surface area contributed by atoms with E-state index in [9.17, 15) is 0 Å². The summed E-state index contributed by atoms with van der Waals surface area (Å²) in [6, 6.07) is 1.89. The van der Waals surface area contributed by atoms with Gasteiger partial charge < -0.3 is 5.32 Å². The van der Waals surface area contributed by atoms with E-state index in [0.29, 0.717) is 5.95 Å². The van der Waals surface area contributed by atoms with Crippen LogP contribution < -0.4 is 5.32 Å². The minimum atomic E-state index is 0.708. The Morgan fingerprint density at radius 2 is 2.45 bits per heavy atom. The van der Waals surface area contributed by atoms with Crippen LogP contribution in [0.3, 0.4) is 0 Å². The molecule has 0 fully saturated rings. The molecule has 0 unspecified atom stereocenters. The van der Waals surface area contributed by atoms with Gasteiger partial charge in [-0.2, -0.15) is 0 Å². The molecule has 4 heteroatoms. The zero-order chi connectivity index (χ0) is 8.10. The third-order valence-electron chi connectivity index (χ3n) is 1.17. The highest BCUT2D eigenvalue weighted by atomic mass is 32.2. The number of hydrogen-bond donors (Lipinski definition) is 1. The molecule has 0 saturated carbocycles. The average molecular weight is 169 g/mol. The Morgan fingerprint density at radius 1 is 1.64 bits per heavy atom. The summed E-state index contributed by atoms with van der Waals surface area (Å²) in [4.78, 5) is 8.26. The summed E-state index contributed by atoms with van der Waals surface area (Å²) in [5.41, 5.74) is 0. The first kappa shape index (κ1) is 8.33. The average Bonchev–Trinajstić information content (AvgIpc) is 2.06. The van der Waals surface area contributed by atoms with Crippen molar-refractivity contribution in [3.8, 4) is 0 Å². The van der Waals surface area contributed by atoms with E-state index in [0.717, 1.165) is 11.6 Å². The Morgan fingerprint density at radius 3 is 3.09 bits per heavy atom. The molecule has 0 atom stereocenters. The highest BCUT2D eigenvalue weighted by Crippen LogP contribution is 2.11. The highest BCUT2D eigenvalue weighted by molar-refractivity contribution is 7.98. The number of anilines is 1. The Labute approximate surface area is 70.6 Å². The van der Waals surface area contributed by atoms with Crippen molar-refractivity contribution in [1.82, 2.24) is 9.97 Å². The van der Waals surface area contributed by atoms with E-state index >= 15 is 0 Å². The first-order valence-corrected chi connectivity index (χ1v) is 4.70. The first-order valence-electron chi connectivity index (χ1n) is 3.47. The molecule has 0 bridgehead atoms. The van der Waals surface area contributed by atoms with Gasteiger partial charge in [0.05, 0.1) is 0 Å². The maximum Gasteiger partial charge on any atom is 0.223 e. The molecule has 3 nitrogen and oxygen atoms in total. The van der Waals surface area contributed by atoms with E-state index in [1.165, 1.54) is 0 Å². The second kappa shape index (κ2) is 4.18. The van der Waals surface area contributed by atoms with Crippen LogP contribution in [0.5, 0.6) is 0 Å². The Hall–Kier alpha value is -0.770. The number of nitrogens with zero attached hydrogens (tertiary/aromatic N) is 2. The van der Waals surface area contributed by atoms with Crippen LogP contribution in [0.25, 0.3) is 0 Å². The van der Waals surface area contributed by atoms with Gasteiger partial charge in [-0.15, -0.1) is 11.8 Å². The fraction of sp³-hybridized carbons (Fsp3) is 0.429. The van der Waals surface area contributed by atoms with Crippen LogP contribution in [0.2, 0.25) is 0 Å². The molecule has 60 valence electrons. The largest absolute Gasteiger partial charge is 0.354 e. The SMILES string of the molecule is CCNc1nccc(SC)n1. The molecule has 0 spiro atoms. The Kier molecular flexibility index (Phi) is 3.16. The fourth-order valence-corrected chi connectivity index (χ4v) is 1.07. The standard InChI is InChI=1S/C7H11N3S/c1-3-8-7-9-5-4-6(10-7)11-2/h4-5H,3H2,1-2H3,(H,8,9,10). The van der Waals surface area contributed by atoms with Crippen molar-refractivity contribution in [1.29, 1.82) is 0 Å². The lowest BCUT2D eigenvalue weighted by molar-refractivity contribution is 1.02. The molecule has 0 saturated heterocycles. The van der Waals surface area contributed by atoms with E-state index in [2.05, 4.69) is 15.3 Å². The van der Waals surface area contributed by atoms with Gasteiger partial charge in [-0.25, -0.2) is 9.97 Å². The van der Waals surface area contributed by atoms with Gasteiger partial charge in [-0.05, 0) is 19.2 Å². The normalized spacial score (nSPS) is 9.64. The van der Waals surface area contributed by atoms with Gasteiger partial charge in [-0.1, -0.05) is 0 Å². The summed E-state index contributed by atoms with van der Waals surface area (Å²) in [6.45, 7) is 2.88. The van der Waals surface area contributed by atoms with Gasteiger partial charge in [-0.3, -0.25) is 0 Å². The predicted molar refractivity (Wildman–Crippen MR) is 48.0 cm³/mol. The van der Waals surface area contributed by atoms with E-state index in [1.807, 2.05) is 19.2 Å². The first-order chi connectivity index (χ1) is 5.36. The molecule has 0 aromatic carbocycles. The minimum Gasteiger partial charge on any atom is -0.354 e. The molecular weight excluding hydrogens is 158 g/mol. The number of aromatic nitrogens is 2. The number of thioether (sulfide) groups is 1. The van der Waals surface area contributed by atoms with E-state index in [4.69, 9.17) is 0 Å². The molecule has 11 heavy (non-hydrogen) atoms. The molecular formula is C7H11N3S. The van der Waals surface area contributed by atoms with Crippen molar-refractivity contribution in [2.75, 3.05) is 18.1 Å². The van der Waals surface area contributed by atoms with Crippen molar-refractivity contribution in [3.05, 3.63) is 12.3 Å². The summed E-state index contributed by atoms with van der Waals surface area (Å²) < 4.78 is 0. The van der Waals surface area contributed by atoms with Crippen molar-refractivity contribution in [2.45, 2.75) is 11.9 Å². The second-order valence-electron chi connectivity index (χ2n) is 1.95. The molecule has 1 N–H and O–H groups in total. The summed E-state index contributed by atoms with van der Waals surface area (Å²) in [6.07, 6.45) is 3.76.